The van der Waals surface area contributed by atoms with E-state index in [1.54, 1.807) is 13.8 Å². The van der Waals surface area contributed by atoms with Crippen LogP contribution in [0.1, 0.15) is 25.8 Å². The third-order valence-electron chi connectivity index (χ3n) is 3.26. The predicted molar refractivity (Wildman–Crippen MR) is 80.7 cm³/mol. The van der Waals surface area contributed by atoms with Gasteiger partial charge in [0.05, 0.1) is 31.2 Å². The van der Waals surface area contributed by atoms with Gasteiger partial charge in [-0.25, -0.2) is 0 Å². The molecule has 1 aromatic carbocycles. The second-order valence-electron chi connectivity index (χ2n) is 5.57. The summed E-state index contributed by atoms with van der Waals surface area (Å²) in [5.41, 5.74) is 1.14. The van der Waals surface area contributed by atoms with Crippen LogP contribution >= 0.6 is 0 Å². The standard InChI is InChI=1S/C16H21NO5/c1-16(2)21-12-15(22-16)10-14(17(18)19)8-9-20-11-13-6-4-3-5-7-13/h3-7,10,15H,8-9,11-12H2,1-2H3/b14-10+/t15-/m0/s1. The molecule has 0 spiro atoms. The summed E-state index contributed by atoms with van der Waals surface area (Å²) in [6, 6.07) is 9.70. The first-order chi connectivity index (χ1) is 10.5. The summed E-state index contributed by atoms with van der Waals surface area (Å²) in [6.07, 6.45) is 1.37. The average Bonchev–Trinajstić information content (AvgIpc) is 2.82. The van der Waals surface area contributed by atoms with Gasteiger partial charge in [0.25, 0.3) is 0 Å². The highest BCUT2D eigenvalue weighted by Gasteiger charge is 2.32. The Kier molecular flexibility index (Phi) is 5.65. The van der Waals surface area contributed by atoms with Crippen LogP contribution < -0.4 is 0 Å². The molecule has 0 radical (unpaired) electrons. The normalized spacial score (nSPS) is 21.0. The summed E-state index contributed by atoms with van der Waals surface area (Å²) in [4.78, 5) is 10.7. The highest BCUT2D eigenvalue weighted by atomic mass is 16.7. The number of ether oxygens (including phenoxy) is 3. The summed E-state index contributed by atoms with van der Waals surface area (Å²) < 4.78 is 16.4. The molecular formula is C16H21NO5. The van der Waals surface area contributed by atoms with Crippen LogP contribution in [0.5, 0.6) is 0 Å². The van der Waals surface area contributed by atoms with Gasteiger partial charge in [-0.2, -0.15) is 0 Å². The number of hydrogen-bond donors (Lipinski definition) is 0. The van der Waals surface area contributed by atoms with Crippen molar-refractivity contribution in [3.8, 4) is 0 Å². The van der Waals surface area contributed by atoms with Gasteiger partial charge < -0.3 is 14.2 Å². The molecule has 22 heavy (non-hydrogen) atoms. The van der Waals surface area contributed by atoms with Gasteiger partial charge in [0.15, 0.2) is 5.79 Å². The molecule has 0 amide bonds. The predicted octanol–water partition coefficient (Wildman–Crippen LogP) is 2.91. The summed E-state index contributed by atoms with van der Waals surface area (Å²) in [6.45, 7) is 4.64. The molecule has 0 unspecified atom stereocenters. The Bertz CT molecular complexity index is 527. The molecule has 6 nitrogen and oxygen atoms in total. The Balaban J connectivity index is 1.81. The Morgan fingerprint density at radius 2 is 2.18 bits per heavy atom. The van der Waals surface area contributed by atoms with E-state index in [4.69, 9.17) is 14.2 Å². The quantitative estimate of drug-likeness (QED) is 0.440. The van der Waals surface area contributed by atoms with Crippen molar-refractivity contribution in [2.45, 2.75) is 38.8 Å². The van der Waals surface area contributed by atoms with Gasteiger partial charge in [0.2, 0.25) is 5.70 Å². The van der Waals surface area contributed by atoms with E-state index in [1.165, 1.54) is 6.08 Å². The molecule has 1 saturated heterocycles. The second-order valence-corrected chi connectivity index (χ2v) is 5.57. The fourth-order valence-electron chi connectivity index (χ4n) is 2.19. The molecule has 0 aromatic heterocycles. The molecule has 0 bridgehead atoms. The number of benzene rings is 1. The SMILES string of the molecule is CC1(C)OC[C@H](/C=C(\CCOCc2ccccc2)[N+](=O)[O-])O1. The van der Waals surface area contributed by atoms with E-state index in [9.17, 15) is 10.1 Å². The van der Waals surface area contributed by atoms with E-state index >= 15 is 0 Å². The maximum absolute atomic E-state index is 11.1. The molecule has 0 aliphatic carbocycles. The highest BCUT2D eigenvalue weighted by molar-refractivity contribution is 5.13. The maximum atomic E-state index is 11.1. The van der Waals surface area contributed by atoms with Gasteiger partial charge in [0.1, 0.15) is 6.10 Å². The first-order valence-corrected chi connectivity index (χ1v) is 7.25. The van der Waals surface area contributed by atoms with Gasteiger partial charge in [-0.15, -0.1) is 0 Å². The lowest BCUT2D eigenvalue weighted by molar-refractivity contribution is -0.429. The molecule has 1 aliphatic rings. The zero-order valence-corrected chi connectivity index (χ0v) is 12.9. The van der Waals surface area contributed by atoms with Crippen LogP contribution in [0, 0.1) is 10.1 Å². The Morgan fingerprint density at radius 1 is 1.45 bits per heavy atom. The average molecular weight is 307 g/mol. The smallest absolute Gasteiger partial charge is 0.247 e. The number of nitrogens with zero attached hydrogens (tertiary/aromatic N) is 1. The molecule has 1 aliphatic heterocycles. The first kappa shape index (κ1) is 16.6. The number of hydrogen-bond acceptors (Lipinski definition) is 5. The topological polar surface area (TPSA) is 70.8 Å². The molecule has 1 fully saturated rings. The van der Waals surface area contributed by atoms with Crippen molar-refractivity contribution in [3.05, 3.63) is 57.8 Å². The van der Waals surface area contributed by atoms with E-state index in [2.05, 4.69) is 0 Å². The third-order valence-corrected chi connectivity index (χ3v) is 3.26. The van der Waals surface area contributed by atoms with Crippen molar-refractivity contribution in [2.24, 2.45) is 0 Å². The van der Waals surface area contributed by atoms with Crippen LogP contribution in [-0.4, -0.2) is 30.0 Å². The lowest BCUT2D eigenvalue weighted by Gasteiger charge is -2.15. The van der Waals surface area contributed by atoms with Crippen LogP contribution in [0.25, 0.3) is 0 Å². The first-order valence-electron chi connectivity index (χ1n) is 7.25. The summed E-state index contributed by atoms with van der Waals surface area (Å²) >= 11 is 0. The third kappa shape index (κ3) is 5.22. The van der Waals surface area contributed by atoms with E-state index in [0.29, 0.717) is 19.8 Å². The molecule has 0 N–H and O–H groups in total. The molecule has 1 atom stereocenters. The second kappa shape index (κ2) is 7.49. The van der Waals surface area contributed by atoms with Crippen molar-refractivity contribution in [1.29, 1.82) is 0 Å². The van der Waals surface area contributed by atoms with E-state index < -0.39 is 5.79 Å². The molecule has 6 heteroatoms. The summed E-state index contributed by atoms with van der Waals surface area (Å²) in [7, 11) is 0. The monoisotopic (exact) mass is 307 g/mol. The molecule has 2 rings (SSSR count). The van der Waals surface area contributed by atoms with E-state index in [0.717, 1.165) is 5.56 Å². The zero-order valence-electron chi connectivity index (χ0n) is 12.9. The van der Waals surface area contributed by atoms with Crippen molar-refractivity contribution in [1.82, 2.24) is 0 Å². The minimum Gasteiger partial charge on any atom is -0.376 e. The van der Waals surface area contributed by atoms with Gasteiger partial charge in [-0.3, -0.25) is 10.1 Å². The maximum Gasteiger partial charge on any atom is 0.247 e. The number of rotatable bonds is 7. The lowest BCUT2D eigenvalue weighted by atomic mass is 10.2. The lowest BCUT2D eigenvalue weighted by Crippen LogP contribution is -2.21. The minimum absolute atomic E-state index is 0.0966. The van der Waals surface area contributed by atoms with Crippen molar-refractivity contribution in [2.75, 3.05) is 13.2 Å². The molecule has 1 aromatic rings. The van der Waals surface area contributed by atoms with Crippen LogP contribution in [0.2, 0.25) is 0 Å². The van der Waals surface area contributed by atoms with Crippen LogP contribution in [0.15, 0.2) is 42.1 Å². The van der Waals surface area contributed by atoms with E-state index in [-0.39, 0.29) is 23.1 Å². The Hall–Kier alpha value is -1.76. The molecule has 0 saturated carbocycles. The molecule has 120 valence electrons. The Morgan fingerprint density at radius 3 is 2.77 bits per heavy atom. The highest BCUT2D eigenvalue weighted by Crippen LogP contribution is 2.24. The largest absolute Gasteiger partial charge is 0.376 e. The van der Waals surface area contributed by atoms with Crippen molar-refractivity contribution in [3.63, 3.8) is 0 Å². The summed E-state index contributed by atoms with van der Waals surface area (Å²) in [5.74, 6) is -0.688. The van der Waals surface area contributed by atoms with Crippen molar-refractivity contribution < 1.29 is 19.1 Å². The van der Waals surface area contributed by atoms with Crippen LogP contribution in [0.4, 0.5) is 0 Å². The fraction of sp³-hybridized carbons (Fsp3) is 0.500. The van der Waals surface area contributed by atoms with E-state index in [1.807, 2.05) is 30.3 Å². The van der Waals surface area contributed by atoms with Gasteiger partial charge >= 0.3 is 0 Å². The van der Waals surface area contributed by atoms with Gasteiger partial charge in [-0.05, 0) is 19.4 Å². The van der Waals surface area contributed by atoms with Crippen LogP contribution in [-0.2, 0) is 20.8 Å². The Labute approximate surface area is 129 Å². The summed E-state index contributed by atoms with van der Waals surface area (Å²) in [5, 5.41) is 11.1. The molecule has 1 heterocycles. The van der Waals surface area contributed by atoms with Crippen molar-refractivity contribution >= 4 is 0 Å². The fourth-order valence-corrected chi connectivity index (χ4v) is 2.19. The number of nitro groups is 1. The van der Waals surface area contributed by atoms with Gasteiger partial charge in [0, 0.05) is 6.08 Å². The van der Waals surface area contributed by atoms with Gasteiger partial charge in [-0.1, -0.05) is 30.3 Å². The minimum atomic E-state index is -0.688. The zero-order chi connectivity index (χ0) is 16.0. The van der Waals surface area contributed by atoms with Crippen LogP contribution in [0.3, 0.4) is 0 Å². The molecular weight excluding hydrogens is 286 g/mol.